The van der Waals surface area contributed by atoms with Crippen LogP contribution in [0.15, 0.2) is 35.6 Å². The maximum Gasteiger partial charge on any atom is 0.220 e. The summed E-state index contributed by atoms with van der Waals surface area (Å²) in [5, 5.41) is 8.97. The molecule has 2 heteroatoms. The third-order valence-electron chi connectivity index (χ3n) is 1.66. The number of carbonyl (C=O) groups is 1. The first-order valence-corrected chi connectivity index (χ1v) is 3.50. The van der Waals surface area contributed by atoms with Crippen molar-refractivity contribution in [3.8, 4) is 0 Å². The summed E-state index contributed by atoms with van der Waals surface area (Å²) in [6, 6.07) is 0. The van der Waals surface area contributed by atoms with Crippen LogP contribution >= 0.6 is 0 Å². The highest BCUT2D eigenvalue weighted by Crippen LogP contribution is 2.19. The lowest BCUT2D eigenvalue weighted by Gasteiger charge is -2.09. The highest BCUT2D eigenvalue weighted by Gasteiger charge is 2.13. The van der Waals surface area contributed by atoms with E-state index in [0.717, 1.165) is 17.6 Å². The smallest absolute Gasteiger partial charge is 0.220 e. The van der Waals surface area contributed by atoms with E-state index in [-0.39, 0.29) is 11.5 Å². The molecule has 0 heterocycles. The minimum absolute atomic E-state index is 0.216. The normalized spacial score (nSPS) is 17.9. The zero-order valence-corrected chi connectivity index (χ0v) is 6.42. The van der Waals surface area contributed by atoms with Gasteiger partial charge in [-0.3, -0.25) is 4.79 Å². The third kappa shape index (κ3) is 1.40. The molecule has 11 heavy (non-hydrogen) atoms. The van der Waals surface area contributed by atoms with Crippen LogP contribution in [-0.4, -0.2) is 10.9 Å². The Morgan fingerprint density at radius 3 is 2.73 bits per heavy atom. The molecule has 58 valence electrons. The van der Waals surface area contributed by atoms with Crippen LogP contribution in [0.5, 0.6) is 0 Å². The van der Waals surface area contributed by atoms with Crippen molar-refractivity contribution in [3.63, 3.8) is 0 Å². The van der Waals surface area contributed by atoms with Crippen LogP contribution in [0.1, 0.15) is 13.3 Å². The highest BCUT2D eigenvalue weighted by atomic mass is 16.3. The zero-order chi connectivity index (χ0) is 8.43. The molecule has 0 saturated carbocycles. The number of hydrogen-bond donors (Lipinski definition) is 1. The van der Waals surface area contributed by atoms with Crippen molar-refractivity contribution in [2.45, 2.75) is 13.3 Å². The molecule has 1 N–H and O–H groups in total. The number of aliphatic hydroxyl groups is 1. The van der Waals surface area contributed by atoms with Crippen LogP contribution in [0, 0.1) is 0 Å². The van der Waals surface area contributed by atoms with Gasteiger partial charge in [-0.25, -0.2) is 0 Å². The molecule has 0 aromatic heterocycles. The van der Waals surface area contributed by atoms with Gasteiger partial charge in [0.05, 0.1) is 0 Å². The Bertz CT molecular complexity index is 269. The molecule has 0 aliphatic heterocycles. The minimum atomic E-state index is -0.325. The van der Waals surface area contributed by atoms with Gasteiger partial charge < -0.3 is 5.11 Å². The van der Waals surface area contributed by atoms with Crippen molar-refractivity contribution < 1.29 is 9.90 Å². The molecule has 1 aliphatic carbocycles. The van der Waals surface area contributed by atoms with Gasteiger partial charge in [0.2, 0.25) is 5.78 Å². The summed E-state index contributed by atoms with van der Waals surface area (Å²) in [6.45, 7) is 5.64. The topological polar surface area (TPSA) is 37.3 Å². The molecule has 0 bridgehead atoms. The Labute approximate surface area is 65.5 Å². The molecule has 0 aromatic rings. The van der Waals surface area contributed by atoms with Crippen molar-refractivity contribution in [2.75, 3.05) is 0 Å². The molecule has 2 nitrogen and oxygen atoms in total. The second-order valence-electron chi connectivity index (χ2n) is 2.44. The lowest BCUT2D eigenvalue weighted by atomic mass is 9.97. The molecule has 0 atom stereocenters. The summed E-state index contributed by atoms with van der Waals surface area (Å²) in [6.07, 6.45) is 3.60. The first kappa shape index (κ1) is 7.79. The van der Waals surface area contributed by atoms with Crippen LogP contribution in [0.2, 0.25) is 0 Å². The molecular formula is C9H10O2. The first-order valence-electron chi connectivity index (χ1n) is 3.50. The Kier molecular flexibility index (Phi) is 1.94. The average molecular weight is 150 g/mol. The molecule has 0 fully saturated rings. The quantitative estimate of drug-likeness (QED) is 0.619. The van der Waals surface area contributed by atoms with E-state index in [1.165, 1.54) is 12.2 Å². The Balaban J connectivity index is 2.98. The number of rotatable bonds is 1. The van der Waals surface area contributed by atoms with Crippen LogP contribution in [-0.2, 0) is 4.79 Å². The van der Waals surface area contributed by atoms with Crippen LogP contribution < -0.4 is 0 Å². The van der Waals surface area contributed by atoms with Gasteiger partial charge in [-0.15, -0.1) is 0 Å². The van der Waals surface area contributed by atoms with Gasteiger partial charge in [-0.2, -0.15) is 0 Å². The van der Waals surface area contributed by atoms with E-state index in [2.05, 4.69) is 6.58 Å². The zero-order valence-electron chi connectivity index (χ0n) is 6.42. The van der Waals surface area contributed by atoms with E-state index in [1.54, 1.807) is 0 Å². The van der Waals surface area contributed by atoms with E-state index in [1.807, 2.05) is 6.92 Å². The largest absolute Gasteiger partial charge is 0.504 e. The average Bonchev–Trinajstić information content (AvgIpc) is 1.97. The summed E-state index contributed by atoms with van der Waals surface area (Å²) in [5.41, 5.74) is 1.62. The van der Waals surface area contributed by atoms with Gasteiger partial charge in [0.25, 0.3) is 0 Å². The maximum atomic E-state index is 10.9. The molecule has 0 radical (unpaired) electrons. The first-order chi connectivity index (χ1) is 5.15. The van der Waals surface area contributed by atoms with Gasteiger partial charge in [-0.05, 0) is 29.7 Å². The Morgan fingerprint density at radius 2 is 2.18 bits per heavy atom. The van der Waals surface area contributed by atoms with Crippen LogP contribution in [0.4, 0.5) is 0 Å². The lowest BCUT2D eigenvalue weighted by Crippen LogP contribution is -2.05. The summed E-state index contributed by atoms with van der Waals surface area (Å²) < 4.78 is 0. The number of carbonyl (C=O) groups excluding carboxylic acids is 1. The number of allylic oxidation sites excluding steroid dienone is 4. The summed E-state index contributed by atoms with van der Waals surface area (Å²) in [7, 11) is 0. The third-order valence-corrected chi connectivity index (χ3v) is 1.66. The van der Waals surface area contributed by atoms with E-state index >= 15 is 0 Å². The molecule has 0 aromatic carbocycles. The van der Waals surface area contributed by atoms with Crippen molar-refractivity contribution in [1.82, 2.24) is 0 Å². The van der Waals surface area contributed by atoms with Gasteiger partial charge >= 0.3 is 0 Å². The fourth-order valence-corrected chi connectivity index (χ4v) is 0.983. The molecule has 1 aliphatic rings. The van der Waals surface area contributed by atoms with Crippen LogP contribution in [0.25, 0.3) is 0 Å². The predicted octanol–water partition coefficient (Wildman–Crippen LogP) is 1.90. The molecule has 1 rings (SSSR count). The standard InChI is InChI=1S/C9H10O2/c1-3-7-5-9(11)8(10)4-6(7)2/h4-5,10H,2-3H2,1H3. The van der Waals surface area contributed by atoms with E-state index in [4.69, 9.17) is 5.11 Å². The predicted molar refractivity (Wildman–Crippen MR) is 43.2 cm³/mol. The fourth-order valence-electron chi connectivity index (χ4n) is 0.983. The lowest BCUT2D eigenvalue weighted by molar-refractivity contribution is -0.113. The molecule has 0 unspecified atom stereocenters. The Hall–Kier alpha value is -1.31. The van der Waals surface area contributed by atoms with E-state index in [9.17, 15) is 4.79 Å². The number of ketones is 1. The highest BCUT2D eigenvalue weighted by molar-refractivity contribution is 6.04. The van der Waals surface area contributed by atoms with Gasteiger partial charge in [-0.1, -0.05) is 13.5 Å². The number of aliphatic hydroxyl groups excluding tert-OH is 1. The van der Waals surface area contributed by atoms with Crippen molar-refractivity contribution in [3.05, 3.63) is 35.6 Å². The van der Waals surface area contributed by atoms with Crippen molar-refractivity contribution >= 4 is 5.78 Å². The molecule has 0 spiro atoms. The summed E-state index contributed by atoms with van der Waals surface area (Å²) >= 11 is 0. The monoisotopic (exact) mass is 150 g/mol. The van der Waals surface area contributed by atoms with E-state index < -0.39 is 0 Å². The second-order valence-corrected chi connectivity index (χ2v) is 2.44. The Morgan fingerprint density at radius 1 is 1.55 bits per heavy atom. The van der Waals surface area contributed by atoms with E-state index in [0.29, 0.717) is 0 Å². The van der Waals surface area contributed by atoms with Gasteiger partial charge in [0.1, 0.15) is 0 Å². The van der Waals surface area contributed by atoms with Gasteiger partial charge in [0, 0.05) is 0 Å². The maximum absolute atomic E-state index is 10.9. The van der Waals surface area contributed by atoms with Crippen molar-refractivity contribution in [1.29, 1.82) is 0 Å². The molecule has 0 amide bonds. The molecular weight excluding hydrogens is 140 g/mol. The second kappa shape index (κ2) is 2.74. The van der Waals surface area contributed by atoms with Gasteiger partial charge in [0.15, 0.2) is 5.76 Å². The van der Waals surface area contributed by atoms with Crippen molar-refractivity contribution in [2.24, 2.45) is 0 Å². The fraction of sp³-hybridized carbons (Fsp3) is 0.222. The molecule has 0 saturated heterocycles. The SMILES string of the molecule is C=C1C=C(O)C(=O)C=C1CC. The minimum Gasteiger partial charge on any atom is -0.504 e. The summed E-state index contributed by atoms with van der Waals surface area (Å²) in [5.74, 6) is -0.540. The summed E-state index contributed by atoms with van der Waals surface area (Å²) in [4.78, 5) is 10.9. The van der Waals surface area contributed by atoms with Crippen LogP contribution in [0.3, 0.4) is 0 Å². The number of hydrogen-bond acceptors (Lipinski definition) is 2.